The molecule has 7 heteroatoms. The van der Waals surface area contributed by atoms with Gasteiger partial charge in [0.1, 0.15) is 0 Å². The summed E-state index contributed by atoms with van der Waals surface area (Å²) in [5.74, 6) is -1.16. The number of allylic oxidation sites excluding steroid dienone is 4. The number of unbranched alkanes of at least 4 members (excludes halogenated alkanes) is 20. The average Bonchev–Trinajstić information content (AvgIpc) is 3.08. The van der Waals surface area contributed by atoms with Crippen LogP contribution in [0.3, 0.4) is 0 Å². The molecule has 0 amide bonds. The van der Waals surface area contributed by atoms with Crippen LogP contribution >= 0.6 is 25.3 Å². The van der Waals surface area contributed by atoms with Gasteiger partial charge in [-0.2, -0.15) is 25.3 Å². The van der Waals surface area contributed by atoms with Crippen molar-refractivity contribution in [1.82, 2.24) is 0 Å². The van der Waals surface area contributed by atoms with Crippen molar-refractivity contribution in [3.63, 3.8) is 0 Å². The molecule has 0 bridgehead atoms. The Kier molecular flexibility index (Phi) is 52.1. The molecule has 2 atom stereocenters. The Morgan fingerprint density at radius 2 is 0.714 bits per heavy atom. The van der Waals surface area contributed by atoms with E-state index < -0.39 is 11.9 Å². The standard InChI is InChI=1S/2C20H38O2S.2CH3.Sn/c2*1-2-3-4-5-6-7-8-9-10-11-12-13-14-15-16-19(17-18-23)20(21)22;;;/h2*9-10,19,23H,2-8,11-18H2,1H3,(H,21,22);2*1H3;/q;;;;+2/p-2. The zero-order valence-corrected chi connectivity index (χ0v) is 37.3. The quantitative estimate of drug-likeness (QED) is 0.0293. The van der Waals surface area contributed by atoms with Crippen LogP contribution in [-0.4, -0.2) is 44.6 Å². The summed E-state index contributed by atoms with van der Waals surface area (Å²) in [6.07, 6.45) is 42.3. The molecule has 0 N–H and O–H groups in total. The van der Waals surface area contributed by atoms with Crippen molar-refractivity contribution in [3.05, 3.63) is 24.3 Å². The van der Waals surface area contributed by atoms with E-state index in [0.29, 0.717) is 24.3 Å². The summed E-state index contributed by atoms with van der Waals surface area (Å²) in [4.78, 5) is 26.4. The van der Waals surface area contributed by atoms with Gasteiger partial charge in [0.05, 0.1) is 0 Å². The second kappa shape index (κ2) is 47.9. The Balaban J connectivity index is -0.000000798. The molecule has 0 rings (SSSR count). The molecule has 0 heterocycles. The van der Waals surface area contributed by atoms with E-state index in [-0.39, 0.29) is 33.0 Å². The molecule has 0 aromatic heterocycles. The summed E-state index contributed by atoms with van der Waals surface area (Å²) >= 11 is 8.44. The molecule has 288 valence electrons. The van der Waals surface area contributed by atoms with E-state index >= 15 is 0 Å². The van der Waals surface area contributed by atoms with Crippen LogP contribution < -0.4 is 10.2 Å². The van der Waals surface area contributed by atoms with Crippen molar-refractivity contribution in [2.45, 2.75) is 204 Å². The number of rotatable bonds is 34. The van der Waals surface area contributed by atoms with Crippen molar-refractivity contribution in [2.24, 2.45) is 11.8 Å². The third kappa shape index (κ3) is 47.9. The van der Waals surface area contributed by atoms with Gasteiger partial charge in [-0.3, -0.25) is 0 Å². The summed E-state index contributed by atoms with van der Waals surface area (Å²) in [7, 11) is 0. The molecule has 0 saturated carbocycles. The Bertz CT molecular complexity index is 659. The number of thiol groups is 2. The number of carbonyl (C=O) groups excluding carboxylic acids is 2. The van der Waals surface area contributed by atoms with Gasteiger partial charge in [0, 0.05) is 11.9 Å². The summed E-state index contributed by atoms with van der Waals surface area (Å²) in [6, 6.07) is 0. The molecule has 0 aromatic rings. The average molecular weight is 832 g/mol. The zero-order chi connectivity index (χ0) is 37.1. The Hall–Kier alpha value is -0.0813. The minimum atomic E-state index is -0.906. The molecule has 0 spiro atoms. The van der Waals surface area contributed by atoms with Crippen LogP contribution in [0.25, 0.3) is 0 Å². The SMILES string of the molecule is CCCCCCCCC=CCCCCCCC(CCS)C(=O)[O-].CCCCCCCCC=CCCCCCCC(CCS)C(=O)[O-].[CH3][Sn+2][CH3]. The molecular weight excluding hydrogens is 751 g/mol. The molecule has 0 aliphatic carbocycles. The summed E-state index contributed by atoms with van der Waals surface area (Å²) in [5.41, 5.74) is 0. The molecule has 0 radical (unpaired) electrons. The number of hydrogen-bond donors (Lipinski definition) is 2. The number of aliphatic carboxylic acids is 2. The Morgan fingerprint density at radius 3 is 0.959 bits per heavy atom. The van der Waals surface area contributed by atoms with Gasteiger partial charge in [-0.1, -0.05) is 141 Å². The van der Waals surface area contributed by atoms with Gasteiger partial charge >= 0.3 is 31.0 Å². The molecule has 4 nitrogen and oxygen atoms in total. The Labute approximate surface area is 327 Å². The first-order valence-electron chi connectivity index (χ1n) is 20.4. The van der Waals surface area contributed by atoms with Crippen LogP contribution in [0.5, 0.6) is 0 Å². The van der Waals surface area contributed by atoms with Gasteiger partial charge in [0.2, 0.25) is 0 Å². The maximum absolute atomic E-state index is 10.9. The molecule has 2 unspecified atom stereocenters. The summed E-state index contributed by atoms with van der Waals surface area (Å²) < 4.78 is 0. The monoisotopic (exact) mass is 832 g/mol. The second-order valence-electron chi connectivity index (χ2n) is 13.6. The minimum absolute atomic E-state index is 0.230. The van der Waals surface area contributed by atoms with E-state index in [0.717, 1.165) is 51.4 Å². The second-order valence-corrected chi connectivity index (χ2v) is 17.3. The molecular formula is C42H80O4S2Sn. The fraction of sp³-hybridized carbons (Fsp3) is 0.857. The van der Waals surface area contributed by atoms with Gasteiger partial charge in [-0.05, 0) is 100 Å². The van der Waals surface area contributed by atoms with E-state index in [1.807, 2.05) is 0 Å². The number of carbonyl (C=O) groups is 2. The fourth-order valence-electron chi connectivity index (χ4n) is 5.64. The molecule has 0 fully saturated rings. The molecule has 0 saturated heterocycles. The number of carboxylic acids is 2. The first-order valence-corrected chi connectivity index (χ1v) is 27.3. The molecule has 0 aliphatic rings. The topological polar surface area (TPSA) is 80.3 Å². The third-order valence-electron chi connectivity index (χ3n) is 8.75. The molecule has 49 heavy (non-hydrogen) atoms. The summed E-state index contributed by atoms with van der Waals surface area (Å²) in [6.45, 7) is 4.51. The number of hydrogen-bond acceptors (Lipinski definition) is 6. The zero-order valence-electron chi connectivity index (χ0n) is 32.7. The van der Waals surface area contributed by atoms with E-state index in [1.54, 1.807) is 0 Å². The van der Waals surface area contributed by atoms with Crippen LogP contribution in [-0.2, 0) is 9.59 Å². The van der Waals surface area contributed by atoms with Crippen LogP contribution in [0.2, 0.25) is 9.88 Å². The number of carboxylic acid groups (broad SMARTS) is 2. The predicted octanol–water partition coefficient (Wildman–Crippen LogP) is 11.4. The third-order valence-corrected chi connectivity index (χ3v) is 9.27. The molecule has 0 aromatic carbocycles. The van der Waals surface area contributed by atoms with Crippen LogP contribution in [0.4, 0.5) is 0 Å². The van der Waals surface area contributed by atoms with Gasteiger partial charge in [0.25, 0.3) is 0 Å². The van der Waals surface area contributed by atoms with Crippen molar-refractivity contribution < 1.29 is 19.8 Å². The van der Waals surface area contributed by atoms with Crippen LogP contribution in [0.15, 0.2) is 24.3 Å². The van der Waals surface area contributed by atoms with Gasteiger partial charge in [0.15, 0.2) is 0 Å². The predicted molar refractivity (Wildman–Crippen MR) is 221 cm³/mol. The van der Waals surface area contributed by atoms with Crippen molar-refractivity contribution in [1.29, 1.82) is 0 Å². The van der Waals surface area contributed by atoms with Crippen molar-refractivity contribution in [3.8, 4) is 0 Å². The first-order chi connectivity index (χ1) is 23.9. The van der Waals surface area contributed by atoms with Gasteiger partial charge < -0.3 is 19.8 Å². The van der Waals surface area contributed by atoms with Crippen molar-refractivity contribution >= 4 is 58.3 Å². The van der Waals surface area contributed by atoms with Gasteiger partial charge in [-0.15, -0.1) is 0 Å². The Morgan fingerprint density at radius 1 is 0.469 bits per heavy atom. The van der Waals surface area contributed by atoms with E-state index in [1.165, 1.54) is 116 Å². The summed E-state index contributed by atoms with van der Waals surface area (Å²) in [5, 5.41) is 21.8. The first kappa shape index (κ1) is 53.3. The maximum atomic E-state index is 10.9. The van der Waals surface area contributed by atoms with Crippen LogP contribution in [0, 0.1) is 11.8 Å². The molecule has 0 aliphatic heterocycles. The van der Waals surface area contributed by atoms with Gasteiger partial charge in [-0.25, -0.2) is 0 Å². The van der Waals surface area contributed by atoms with E-state index in [4.69, 9.17) is 0 Å². The van der Waals surface area contributed by atoms with E-state index in [2.05, 4.69) is 73.3 Å². The van der Waals surface area contributed by atoms with Crippen LogP contribution in [0.1, 0.15) is 194 Å². The van der Waals surface area contributed by atoms with Crippen molar-refractivity contribution in [2.75, 3.05) is 11.5 Å². The normalized spacial score (nSPS) is 12.2. The van der Waals surface area contributed by atoms with E-state index in [9.17, 15) is 19.8 Å². The fourth-order valence-corrected chi connectivity index (χ4v) is 6.26.